The molecule has 2 N–H and O–H groups in total. The standard InChI is InChI=1S/C21H19FN4O3/c22-15-1-6-18-19(12-23-20(18)11-15)14-7-9-25(10-8-14)13-21(27)24-16-2-4-17(5-3-16)26(28)29/h1-7,11-12,23H,8-10,13H2,(H,24,27). The van der Waals surface area contributed by atoms with Crippen LogP contribution >= 0.6 is 0 Å². The fourth-order valence-electron chi connectivity index (χ4n) is 3.53. The molecule has 4 rings (SSSR count). The predicted octanol–water partition coefficient (Wildman–Crippen LogP) is 3.94. The number of carbonyl (C=O) groups excluding carboxylic acids is 1. The zero-order chi connectivity index (χ0) is 20.4. The first-order chi connectivity index (χ1) is 14.0. The summed E-state index contributed by atoms with van der Waals surface area (Å²) in [5, 5.41) is 14.4. The Kier molecular flexibility index (Phi) is 5.09. The summed E-state index contributed by atoms with van der Waals surface area (Å²) in [6.07, 6.45) is 4.77. The number of nitrogens with zero attached hydrogens (tertiary/aromatic N) is 2. The maximum Gasteiger partial charge on any atom is 0.269 e. The van der Waals surface area contributed by atoms with E-state index >= 15 is 0 Å². The first kappa shape index (κ1) is 18.8. The van der Waals surface area contributed by atoms with E-state index in [0.717, 1.165) is 29.4 Å². The van der Waals surface area contributed by atoms with Crippen molar-refractivity contribution in [2.24, 2.45) is 0 Å². The SMILES string of the molecule is O=C(CN1CC=C(c2c[nH]c3cc(F)ccc23)CC1)Nc1ccc([N+](=O)[O-])cc1. The van der Waals surface area contributed by atoms with Crippen LogP contribution in [0.2, 0.25) is 0 Å². The topological polar surface area (TPSA) is 91.3 Å². The van der Waals surface area contributed by atoms with Gasteiger partial charge in [0.1, 0.15) is 5.82 Å². The summed E-state index contributed by atoms with van der Waals surface area (Å²) in [4.78, 5) is 27.6. The summed E-state index contributed by atoms with van der Waals surface area (Å²) in [5.41, 5.74) is 3.52. The number of aromatic amines is 1. The second-order valence-corrected chi connectivity index (χ2v) is 6.96. The van der Waals surface area contributed by atoms with Crippen LogP contribution in [0, 0.1) is 15.9 Å². The van der Waals surface area contributed by atoms with Crippen LogP contribution < -0.4 is 5.32 Å². The van der Waals surface area contributed by atoms with Gasteiger partial charge in [-0.1, -0.05) is 6.08 Å². The first-order valence-corrected chi connectivity index (χ1v) is 9.22. The van der Waals surface area contributed by atoms with Gasteiger partial charge in [-0.3, -0.25) is 19.8 Å². The molecule has 7 nitrogen and oxygen atoms in total. The van der Waals surface area contributed by atoms with Gasteiger partial charge in [0.05, 0.1) is 11.5 Å². The highest BCUT2D eigenvalue weighted by Crippen LogP contribution is 2.29. The van der Waals surface area contributed by atoms with Gasteiger partial charge < -0.3 is 10.3 Å². The van der Waals surface area contributed by atoms with Gasteiger partial charge in [0.15, 0.2) is 0 Å². The van der Waals surface area contributed by atoms with E-state index in [1.165, 1.54) is 42.0 Å². The molecule has 2 heterocycles. The molecule has 2 aromatic carbocycles. The molecule has 0 bridgehead atoms. The van der Waals surface area contributed by atoms with Crippen molar-refractivity contribution in [3.63, 3.8) is 0 Å². The van der Waals surface area contributed by atoms with Gasteiger partial charge in [-0.25, -0.2) is 4.39 Å². The molecule has 1 aliphatic rings. The molecule has 0 saturated heterocycles. The Balaban J connectivity index is 1.36. The summed E-state index contributed by atoms with van der Waals surface area (Å²) >= 11 is 0. The number of amides is 1. The highest BCUT2D eigenvalue weighted by molar-refractivity contribution is 5.94. The van der Waals surface area contributed by atoms with Crippen molar-refractivity contribution in [2.45, 2.75) is 6.42 Å². The number of nitrogens with one attached hydrogen (secondary N) is 2. The van der Waals surface area contributed by atoms with Crippen molar-refractivity contribution >= 4 is 33.8 Å². The zero-order valence-corrected chi connectivity index (χ0v) is 15.5. The Morgan fingerprint density at radius 3 is 2.72 bits per heavy atom. The van der Waals surface area contributed by atoms with E-state index in [-0.39, 0.29) is 24.0 Å². The van der Waals surface area contributed by atoms with Gasteiger partial charge in [-0.2, -0.15) is 0 Å². The maximum absolute atomic E-state index is 13.4. The Bertz CT molecular complexity index is 1100. The minimum atomic E-state index is -0.479. The van der Waals surface area contributed by atoms with Crippen LogP contribution in [0.4, 0.5) is 15.8 Å². The summed E-state index contributed by atoms with van der Waals surface area (Å²) in [6.45, 7) is 1.60. The van der Waals surface area contributed by atoms with Crippen LogP contribution in [0.1, 0.15) is 12.0 Å². The highest BCUT2D eigenvalue weighted by atomic mass is 19.1. The van der Waals surface area contributed by atoms with Gasteiger partial charge in [0.25, 0.3) is 5.69 Å². The van der Waals surface area contributed by atoms with E-state index in [0.29, 0.717) is 12.2 Å². The van der Waals surface area contributed by atoms with Crippen molar-refractivity contribution in [3.8, 4) is 0 Å². The van der Waals surface area contributed by atoms with Gasteiger partial charge >= 0.3 is 0 Å². The van der Waals surface area contributed by atoms with E-state index in [2.05, 4.69) is 16.4 Å². The smallest absolute Gasteiger partial charge is 0.269 e. The third-order valence-corrected chi connectivity index (χ3v) is 5.01. The Morgan fingerprint density at radius 2 is 2.03 bits per heavy atom. The molecular weight excluding hydrogens is 375 g/mol. The normalized spacial score (nSPS) is 14.6. The van der Waals surface area contributed by atoms with Crippen LogP contribution in [0.3, 0.4) is 0 Å². The van der Waals surface area contributed by atoms with Gasteiger partial charge in [-0.05, 0) is 42.3 Å². The van der Waals surface area contributed by atoms with Crippen molar-refractivity contribution in [3.05, 3.63) is 76.2 Å². The fourth-order valence-corrected chi connectivity index (χ4v) is 3.53. The number of fused-ring (bicyclic) bond motifs is 1. The molecule has 0 aliphatic carbocycles. The molecule has 0 atom stereocenters. The first-order valence-electron chi connectivity index (χ1n) is 9.22. The Hall–Kier alpha value is -3.52. The van der Waals surface area contributed by atoms with Crippen LogP contribution in [-0.2, 0) is 4.79 Å². The lowest BCUT2D eigenvalue weighted by atomic mass is 9.99. The van der Waals surface area contributed by atoms with Gasteiger partial charge in [-0.15, -0.1) is 0 Å². The van der Waals surface area contributed by atoms with Crippen LogP contribution in [0.5, 0.6) is 0 Å². The van der Waals surface area contributed by atoms with Crippen LogP contribution in [0.15, 0.2) is 54.7 Å². The molecule has 1 aromatic heterocycles. The molecule has 1 aliphatic heterocycles. The molecule has 0 unspecified atom stereocenters. The minimum absolute atomic E-state index is 0.0169. The number of halogens is 1. The summed E-state index contributed by atoms with van der Waals surface area (Å²) in [5.74, 6) is -0.438. The number of carbonyl (C=O) groups is 1. The van der Waals surface area contributed by atoms with Crippen molar-refractivity contribution in [1.29, 1.82) is 0 Å². The molecule has 0 saturated carbocycles. The highest BCUT2D eigenvalue weighted by Gasteiger charge is 2.18. The molecule has 29 heavy (non-hydrogen) atoms. The lowest BCUT2D eigenvalue weighted by molar-refractivity contribution is -0.384. The summed E-state index contributed by atoms with van der Waals surface area (Å²) < 4.78 is 13.4. The lowest BCUT2D eigenvalue weighted by Gasteiger charge is -2.25. The van der Waals surface area contributed by atoms with Crippen molar-refractivity contribution < 1.29 is 14.1 Å². The molecule has 148 valence electrons. The van der Waals surface area contributed by atoms with Crippen LogP contribution in [-0.4, -0.2) is 40.3 Å². The number of anilines is 1. The number of nitro benzene ring substituents is 1. The third-order valence-electron chi connectivity index (χ3n) is 5.01. The quantitative estimate of drug-likeness (QED) is 0.506. The van der Waals surface area contributed by atoms with E-state index in [4.69, 9.17) is 0 Å². The number of hydrogen-bond donors (Lipinski definition) is 2. The molecule has 0 spiro atoms. The Labute approximate surface area is 166 Å². The maximum atomic E-state index is 13.4. The number of non-ortho nitro benzene ring substituents is 1. The van der Waals surface area contributed by atoms with E-state index in [1.54, 1.807) is 6.07 Å². The van der Waals surface area contributed by atoms with E-state index in [9.17, 15) is 19.3 Å². The molecular formula is C21H19FN4O3. The molecule has 0 radical (unpaired) electrons. The number of nitro groups is 1. The fraction of sp³-hybridized carbons (Fsp3) is 0.190. The molecule has 3 aromatic rings. The van der Waals surface area contributed by atoms with E-state index < -0.39 is 4.92 Å². The van der Waals surface area contributed by atoms with Crippen molar-refractivity contribution in [1.82, 2.24) is 9.88 Å². The minimum Gasteiger partial charge on any atom is -0.360 e. The average Bonchev–Trinajstić information content (AvgIpc) is 3.12. The number of H-pyrrole nitrogens is 1. The molecule has 8 heteroatoms. The van der Waals surface area contributed by atoms with Crippen LogP contribution in [0.25, 0.3) is 16.5 Å². The average molecular weight is 394 g/mol. The predicted molar refractivity (Wildman–Crippen MR) is 109 cm³/mol. The number of benzene rings is 2. The Morgan fingerprint density at radius 1 is 1.24 bits per heavy atom. The molecule has 1 amide bonds. The number of rotatable bonds is 5. The number of aromatic nitrogens is 1. The number of hydrogen-bond acceptors (Lipinski definition) is 4. The van der Waals surface area contributed by atoms with Gasteiger partial charge in [0.2, 0.25) is 5.91 Å². The summed E-state index contributed by atoms with van der Waals surface area (Å²) in [6, 6.07) is 10.5. The second-order valence-electron chi connectivity index (χ2n) is 6.96. The van der Waals surface area contributed by atoms with Crippen molar-refractivity contribution in [2.75, 3.05) is 25.0 Å². The monoisotopic (exact) mass is 394 g/mol. The lowest BCUT2D eigenvalue weighted by Crippen LogP contribution is -2.36. The second kappa shape index (κ2) is 7.84. The zero-order valence-electron chi connectivity index (χ0n) is 15.5. The summed E-state index contributed by atoms with van der Waals surface area (Å²) in [7, 11) is 0. The molecule has 0 fully saturated rings. The third kappa shape index (κ3) is 4.17. The largest absolute Gasteiger partial charge is 0.360 e. The van der Waals surface area contributed by atoms with E-state index in [1.807, 2.05) is 11.1 Å². The van der Waals surface area contributed by atoms with Gasteiger partial charge in [0, 0.05) is 53.6 Å².